The lowest BCUT2D eigenvalue weighted by Crippen LogP contribution is -2.24. The third kappa shape index (κ3) is 5.12. The number of unbranched alkanes of at least 4 members (excludes halogenated alkanes) is 1. The minimum Gasteiger partial charge on any atom is -0.378 e. The van der Waals surface area contributed by atoms with Gasteiger partial charge in [-0.15, -0.1) is 5.10 Å². The number of hydrogen-bond donors (Lipinski definition) is 2. The summed E-state index contributed by atoms with van der Waals surface area (Å²) in [5, 5.41) is 9.56. The second-order valence-corrected chi connectivity index (χ2v) is 7.32. The van der Waals surface area contributed by atoms with Crippen LogP contribution in [0.3, 0.4) is 0 Å². The molecule has 136 valence electrons. The van der Waals surface area contributed by atoms with Gasteiger partial charge in [0.2, 0.25) is 5.91 Å². The zero-order valence-corrected chi connectivity index (χ0v) is 15.9. The number of carbonyl (C=O) groups is 1. The lowest BCUT2D eigenvalue weighted by atomic mass is 10.2. The fraction of sp³-hybridized carbons (Fsp3) is 0.471. The van der Waals surface area contributed by atoms with E-state index in [1.54, 1.807) is 11.5 Å². The summed E-state index contributed by atoms with van der Waals surface area (Å²) in [5.74, 6) is -0.125. The Morgan fingerprint density at radius 3 is 2.64 bits per heavy atom. The number of carbonyl (C=O) groups excluding carboxylic acids is 1. The minimum absolute atomic E-state index is 0.125. The van der Waals surface area contributed by atoms with Crippen LogP contribution in [0.1, 0.15) is 26.7 Å². The van der Waals surface area contributed by atoms with Crippen molar-refractivity contribution in [1.82, 2.24) is 14.8 Å². The molecule has 0 bridgehead atoms. The van der Waals surface area contributed by atoms with E-state index in [1.165, 1.54) is 11.8 Å². The van der Waals surface area contributed by atoms with Gasteiger partial charge in [-0.2, -0.15) is 0 Å². The number of aromatic amines is 1. The second-order valence-electron chi connectivity index (χ2n) is 6.01. The molecule has 8 heteroatoms. The maximum absolute atomic E-state index is 12.4. The summed E-state index contributed by atoms with van der Waals surface area (Å²) in [6.45, 7) is 4.47. The third-order valence-corrected chi connectivity index (χ3v) is 4.85. The van der Waals surface area contributed by atoms with Crippen LogP contribution < -0.4 is 15.9 Å². The summed E-state index contributed by atoms with van der Waals surface area (Å²) in [7, 11) is 3.93. The van der Waals surface area contributed by atoms with Gasteiger partial charge in [-0.3, -0.25) is 9.36 Å². The largest absolute Gasteiger partial charge is 0.378 e. The molecule has 2 N–H and O–H groups in total. The maximum atomic E-state index is 12.4. The minimum atomic E-state index is -0.371. The van der Waals surface area contributed by atoms with E-state index in [9.17, 15) is 9.59 Å². The summed E-state index contributed by atoms with van der Waals surface area (Å²) < 4.78 is 1.59. The van der Waals surface area contributed by atoms with Crippen molar-refractivity contribution in [3.05, 3.63) is 34.7 Å². The van der Waals surface area contributed by atoms with E-state index in [-0.39, 0.29) is 16.8 Å². The first-order valence-corrected chi connectivity index (χ1v) is 9.20. The number of amides is 1. The van der Waals surface area contributed by atoms with E-state index in [0.29, 0.717) is 11.7 Å². The molecule has 0 fully saturated rings. The molecule has 1 unspecified atom stereocenters. The fourth-order valence-corrected chi connectivity index (χ4v) is 3.09. The summed E-state index contributed by atoms with van der Waals surface area (Å²) in [6, 6.07) is 7.64. The van der Waals surface area contributed by atoms with Gasteiger partial charge in [0.05, 0.1) is 5.25 Å². The molecule has 0 aliphatic heterocycles. The van der Waals surface area contributed by atoms with E-state index >= 15 is 0 Å². The molecule has 0 saturated heterocycles. The van der Waals surface area contributed by atoms with Crippen molar-refractivity contribution >= 4 is 29.0 Å². The van der Waals surface area contributed by atoms with Crippen LogP contribution >= 0.6 is 11.8 Å². The average molecular weight is 363 g/mol. The van der Waals surface area contributed by atoms with Crippen molar-refractivity contribution in [3.8, 4) is 0 Å². The molecule has 1 aromatic carbocycles. The molecule has 2 aromatic rings. The highest BCUT2D eigenvalue weighted by Crippen LogP contribution is 2.22. The number of benzene rings is 1. The van der Waals surface area contributed by atoms with Gasteiger partial charge in [-0.05, 0) is 37.6 Å². The summed E-state index contributed by atoms with van der Waals surface area (Å²) in [4.78, 5) is 26.2. The Labute approximate surface area is 151 Å². The average Bonchev–Trinajstić information content (AvgIpc) is 2.93. The van der Waals surface area contributed by atoms with Crippen molar-refractivity contribution in [2.45, 2.75) is 43.6 Å². The van der Waals surface area contributed by atoms with Crippen LogP contribution in [0.4, 0.5) is 11.4 Å². The fourth-order valence-electron chi connectivity index (χ4n) is 2.21. The highest BCUT2D eigenvalue weighted by atomic mass is 32.2. The molecule has 2 rings (SSSR count). The monoisotopic (exact) mass is 363 g/mol. The quantitative estimate of drug-likeness (QED) is 0.704. The zero-order chi connectivity index (χ0) is 18.4. The van der Waals surface area contributed by atoms with Gasteiger partial charge < -0.3 is 10.2 Å². The van der Waals surface area contributed by atoms with Crippen molar-refractivity contribution in [1.29, 1.82) is 0 Å². The van der Waals surface area contributed by atoms with Crippen LogP contribution in [0.2, 0.25) is 0 Å². The summed E-state index contributed by atoms with van der Waals surface area (Å²) in [5.41, 5.74) is 1.58. The van der Waals surface area contributed by atoms with Crippen LogP contribution in [0.25, 0.3) is 0 Å². The topological polar surface area (TPSA) is 83.0 Å². The zero-order valence-electron chi connectivity index (χ0n) is 15.1. The molecule has 1 atom stereocenters. The third-order valence-electron chi connectivity index (χ3n) is 3.76. The molecule has 7 nitrogen and oxygen atoms in total. The first-order valence-electron chi connectivity index (χ1n) is 8.32. The Morgan fingerprint density at radius 2 is 2.04 bits per heavy atom. The van der Waals surface area contributed by atoms with Crippen LogP contribution in [-0.4, -0.2) is 40.0 Å². The molecule has 1 heterocycles. The van der Waals surface area contributed by atoms with E-state index < -0.39 is 0 Å². The van der Waals surface area contributed by atoms with Crippen molar-refractivity contribution in [2.75, 3.05) is 24.3 Å². The highest BCUT2D eigenvalue weighted by Gasteiger charge is 2.19. The predicted molar refractivity (Wildman–Crippen MR) is 102 cm³/mol. The molecule has 0 saturated carbocycles. The Morgan fingerprint density at radius 1 is 1.36 bits per heavy atom. The number of aromatic nitrogens is 3. The SMILES string of the molecule is CCCCn1c(SC(C)C(=O)Nc2ccc(N(C)C)cc2)n[nH]c1=O. The molecular weight excluding hydrogens is 338 g/mol. The lowest BCUT2D eigenvalue weighted by molar-refractivity contribution is -0.115. The van der Waals surface area contributed by atoms with Crippen molar-refractivity contribution in [3.63, 3.8) is 0 Å². The molecule has 0 aliphatic rings. The second kappa shape index (κ2) is 8.75. The number of anilines is 2. The number of hydrogen-bond acceptors (Lipinski definition) is 5. The lowest BCUT2D eigenvalue weighted by Gasteiger charge is -2.14. The van der Waals surface area contributed by atoms with Gasteiger partial charge in [0.15, 0.2) is 5.16 Å². The van der Waals surface area contributed by atoms with Crippen LogP contribution in [-0.2, 0) is 11.3 Å². The Bertz CT molecular complexity index is 751. The Kier molecular flexibility index (Phi) is 6.69. The number of nitrogens with zero attached hydrogens (tertiary/aromatic N) is 3. The highest BCUT2D eigenvalue weighted by molar-refractivity contribution is 8.00. The Hall–Kier alpha value is -2.22. The van der Waals surface area contributed by atoms with Crippen LogP contribution in [0.5, 0.6) is 0 Å². The number of nitrogens with one attached hydrogen (secondary N) is 2. The molecule has 1 amide bonds. The van der Waals surface area contributed by atoms with E-state index in [0.717, 1.165) is 24.2 Å². The number of thioether (sulfide) groups is 1. The first-order chi connectivity index (χ1) is 11.9. The molecule has 0 radical (unpaired) electrons. The van der Waals surface area contributed by atoms with Crippen LogP contribution in [0, 0.1) is 0 Å². The van der Waals surface area contributed by atoms with Gasteiger partial charge in [-0.1, -0.05) is 25.1 Å². The van der Waals surface area contributed by atoms with E-state index in [4.69, 9.17) is 0 Å². The molecule has 0 spiro atoms. The van der Waals surface area contributed by atoms with Crippen molar-refractivity contribution < 1.29 is 4.79 Å². The van der Waals surface area contributed by atoms with E-state index in [1.807, 2.05) is 43.3 Å². The maximum Gasteiger partial charge on any atom is 0.343 e. The van der Waals surface area contributed by atoms with Crippen LogP contribution in [0.15, 0.2) is 34.2 Å². The normalized spacial score (nSPS) is 12.0. The number of H-pyrrole nitrogens is 1. The van der Waals surface area contributed by atoms with Gasteiger partial charge in [0.1, 0.15) is 0 Å². The predicted octanol–water partition coefficient (Wildman–Crippen LogP) is 2.56. The number of rotatable bonds is 8. The first kappa shape index (κ1) is 19.1. The van der Waals surface area contributed by atoms with Gasteiger partial charge in [-0.25, -0.2) is 9.89 Å². The standard InChI is InChI=1S/C17H25N5O2S/c1-5-6-11-22-16(24)19-20-17(22)25-12(2)15(23)18-13-7-9-14(10-8-13)21(3)4/h7-10,12H,5-6,11H2,1-4H3,(H,18,23)(H,19,24). The Balaban J connectivity index is 1.99. The summed E-state index contributed by atoms with van der Waals surface area (Å²) >= 11 is 1.28. The molecule has 25 heavy (non-hydrogen) atoms. The molecular formula is C17H25N5O2S. The van der Waals surface area contributed by atoms with Crippen molar-refractivity contribution in [2.24, 2.45) is 0 Å². The van der Waals surface area contributed by atoms with Gasteiger partial charge >= 0.3 is 5.69 Å². The smallest absolute Gasteiger partial charge is 0.343 e. The van der Waals surface area contributed by atoms with E-state index in [2.05, 4.69) is 22.4 Å². The van der Waals surface area contributed by atoms with Gasteiger partial charge in [0.25, 0.3) is 0 Å². The van der Waals surface area contributed by atoms with Gasteiger partial charge in [0, 0.05) is 32.0 Å². The molecule has 1 aromatic heterocycles. The summed E-state index contributed by atoms with van der Waals surface area (Å²) in [6.07, 6.45) is 1.88. The molecule has 0 aliphatic carbocycles.